The average molecular weight is 453 g/mol. The number of aryl methyl sites for hydroxylation is 1. The molecule has 3 aliphatic carbocycles. The van der Waals surface area contributed by atoms with Gasteiger partial charge in [0.05, 0.1) is 0 Å². The van der Waals surface area contributed by atoms with Crippen LogP contribution in [0.3, 0.4) is 0 Å². The highest BCUT2D eigenvalue weighted by Gasteiger charge is 2.57. The molecule has 0 heterocycles. The van der Waals surface area contributed by atoms with Crippen molar-refractivity contribution in [1.82, 2.24) is 0 Å². The van der Waals surface area contributed by atoms with Crippen molar-refractivity contribution in [2.75, 3.05) is 0 Å². The summed E-state index contributed by atoms with van der Waals surface area (Å²) < 4.78 is 27.7. The second-order valence-electron chi connectivity index (χ2n) is 9.12. The summed E-state index contributed by atoms with van der Waals surface area (Å²) in [6.45, 7) is 2.06. The first-order valence-electron chi connectivity index (χ1n) is 10.4. The Hall–Kier alpha value is -1.23. The zero-order chi connectivity index (χ0) is 20.1. The average Bonchev–Trinajstić information content (AvgIpc) is 2.94. The maximum atomic E-state index is 13.9. The van der Waals surface area contributed by atoms with E-state index in [-0.39, 0.29) is 16.5 Å². The van der Waals surface area contributed by atoms with Gasteiger partial charge in [0.25, 0.3) is 6.08 Å². The van der Waals surface area contributed by atoms with E-state index in [1.54, 1.807) is 6.07 Å². The van der Waals surface area contributed by atoms with Crippen LogP contribution >= 0.6 is 15.9 Å². The summed E-state index contributed by atoms with van der Waals surface area (Å²) in [6, 6.07) is 5.68. The molecule has 0 aromatic heterocycles. The van der Waals surface area contributed by atoms with Gasteiger partial charge in [-0.1, -0.05) is 13.0 Å². The molecule has 0 saturated heterocycles. The SMILES string of the molecule is C[C@]12CC[C@@H]3c4ccc(O)cc4CC[C@H]3[C@@H]1C(CCCC(=O)Br)CC2=C(F)F. The smallest absolute Gasteiger partial charge is 0.270 e. The maximum absolute atomic E-state index is 13.9. The molecule has 4 rings (SSSR count). The lowest BCUT2D eigenvalue weighted by atomic mass is 9.53. The predicted octanol–water partition coefficient (Wildman–Crippen LogP) is 6.72. The van der Waals surface area contributed by atoms with Gasteiger partial charge in [-0.2, -0.15) is 8.78 Å². The summed E-state index contributed by atoms with van der Waals surface area (Å²) in [5.74, 6) is 1.57. The van der Waals surface area contributed by atoms with Gasteiger partial charge in [-0.15, -0.1) is 0 Å². The monoisotopic (exact) mass is 452 g/mol. The maximum Gasteiger partial charge on any atom is 0.270 e. The number of fused-ring (bicyclic) bond motifs is 5. The van der Waals surface area contributed by atoms with E-state index in [0.29, 0.717) is 36.0 Å². The molecule has 1 aromatic rings. The van der Waals surface area contributed by atoms with Crippen LogP contribution in [0.1, 0.15) is 68.9 Å². The van der Waals surface area contributed by atoms with E-state index >= 15 is 0 Å². The minimum atomic E-state index is -1.48. The molecule has 1 unspecified atom stereocenters. The molecule has 2 fully saturated rings. The number of benzene rings is 1. The van der Waals surface area contributed by atoms with E-state index in [4.69, 9.17) is 0 Å². The van der Waals surface area contributed by atoms with Crippen molar-refractivity contribution in [3.63, 3.8) is 0 Å². The van der Waals surface area contributed by atoms with E-state index in [1.165, 1.54) is 11.1 Å². The van der Waals surface area contributed by atoms with Crippen molar-refractivity contribution in [1.29, 1.82) is 0 Å². The lowest BCUT2D eigenvalue weighted by Gasteiger charge is -2.51. The van der Waals surface area contributed by atoms with Gasteiger partial charge in [0.1, 0.15) is 5.75 Å². The zero-order valence-electron chi connectivity index (χ0n) is 16.2. The van der Waals surface area contributed by atoms with Gasteiger partial charge in [0, 0.05) is 12.0 Å². The highest BCUT2D eigenvalue weighted by atomic mass is 79.9. The number of aromatic hydroxyl groups is 1. The summed E-state index contributed by atoms with van der Waals surface area (Å²) >= 11 is 2.99. The van der Waals surface area contributed by atoms with Gasteiger partial charge in [-0.05, 0) is 113 Å². The van der Waals surface area contributed by atoms with Gasteiger partial charge in [-0.25, -0.2) is 0 Å². The third kappa shape index (κ3) is 3.34. The minimum absolute atomic E-state index is 0.00591. The molecule has 0 bridgehead atoms. The Morgan fingerprint density at radius 2 is 2.11 bits per heavy atom. The number of hydrogen-bond donors (Lipinski definition) is 1. The minimum Gasteiger partial charge on any atom is -0.508 e. The van der Waals surface area contributed by atoms with E-state index < -0.39 is 11.5 Å². The Labute approximate surface area is 173 Å². The Kier molecular flexibility index (Phi) is 5.41. The largest absolute Gasteiger partial charge is 0.508 e. The summed E-state index contributed by atoms with van der Waals surface area (Å²) in [6.07, 6.45) is 4.67. The number of halogens is 3. The Morgan fingerprint density at radius 1 is 1.32 bits per heavy atom. The van der Waals surface area contributed by atoms with Crippen LogP contribution in [0.4, 0.5) is 8.78 Å². The van der Waals surface area contributed by atoms with Crippen LogP contribution < -0.4 is 0 Å². The Morgan fingerprint density at radius 3 is 2.82 bits per heavy atom. The third-order valence-corrected chi connectivity index (χ3v) is 8.20. The first kappa shape index (κ1) is 20.1. The first-order valence-corrected chi connectivity index (χ1v) is 11.2. The second kappa shape index (κ2) is 7.55. The van der Waals surface area contributed by atoms with Crippen molar-refractivity contribution < 1.29 is 18.7 Å². The van der Waals surface area contributed by atoms with E-state index in [1.807, 2.05) is 12.1 Å². The fraction of sp³-hybridized carbons (Fsp3) is 0.609. The van der Waals surface area contributed by atoms with Crippen molar-refractivity contribution in [2.45, 2.75) is 64.2 Å². The van der Waals surface area contributed by atoms with Crippen molar-refractivity contribution >= 4 is 20.6 Å². The Bertz CT molecular complexity index is 817. The number of allylic oxidation sites excluding steroid dienone is 1. The number of phenols is 1. The molecule has 3 aliphatic rings. The quantitative estimate of drug-likeness (QED) is 0.514. The predicted molar refractivity (Wildman–Crippen MR) is 109 cm³/mol. The summed E-state index contributed by atoms with van der Waals surface area (Å²) in [5.41, 5.74) is 2.49. The van der Waals surface area contributed by atoms with Crippen LogP contribution in [-0.2, 0) is 11.2 Å². The summed E-state index contributed by atoms with van der Waals surface area (Å²) in [7, 11) is 0. The third-order valence-electron chi connectivity index (χ3n) is 7.80. The lowest BCUT2D eigenvalue weighted by Crippen LogP contribution is -2.42. The number of carbonyl (C=O) groups excluding carboxylic acids is 1. The van der Waals surface area contributed by atoms with Crippen LogP contribution in [0, 0.1) is 23.2 Å². The van der Waals surface area contributed by atoms with E-state index in [0.717, 1.165) is 38.5 Å². The molecule has 152 valence electrons. The number of carbonyl (C=O) groups is 1. The highest BCUT2D eigenvalue weighted by Crippen LogP contribution is 2.66. The van der Waals surface area contributed by atoms with Gasteiger partial charge in [0.15, 0.2) is 4.69 Å². The molecular weight excluding hydrogens is 426 g/mol. The molecular formula is C23H27BrF2O2. The molecule has 0 spiro atoms. The molecule has 0 radical (unpaired) electrons. The highest BCUT2D eigenvalue weighted by molar-refractivity contribution is 9.18. The normalized spacial score (nSPS) is 33.8. The molecule has 2 nitrogen and oxygen atoms in total. The van der Waals surface area contributed by atoms with Crippen LogP contribution in [0.2, 0.25) is 0 Å². The van der Waals surface area contributed by atoms with Gasteiger partial charge < -0.3 is 5.11 Å². The molecule has 2 saturated carbocycles. The van der Waals surface area contributed by atoms with Crippen LogP contribution in [0.5, 0.6) is 5.75 Å². The van der Waals surface area contributed by atoms with Gasteiger partial charge >= 0.3 is 0 Å². The molecule has 5 atom stereocenters. The molecule has 0 aliphatic heterocycles. The lowest BCUT2D eigenvalue weighted by molar-refractivity contribution is -0.110. The van der Waals surface area contributed by atoms with Crippen molar-refractivity contribution in [2.24, 2.45) is 23.2 Å². The summed E-state index contributed by atoms with van der Waals surface area (Å²) in [5, 5.41) is 9.83. The first-order chi connectivity index (χ1) is 13.3. The molecule has 1 N–H and O–H groups in total. The summed E-state index contributed by atoms with van der Waals surface area (Å²) in [4.78, 5) is 11.3. The van der Waals surface area contributed by atoms with Crippen LogP contribution in [0.25, 0.3) is 0 Å². The number of rotatable bonds is 4. The zero-order valence-corrected chi connectivity index (χ0v) is 17.8. The molecule has 28 heavy (non-hydrogen) atoms. The van der Waals surface area contributed by atoms with E-state index in [2.05, 4.69) is 22.9 Å². The van der Waals surface area contributed by atoms with Crippen LogP contribution in [0.15, 0.2) is 29.9 Å². The molecule has 0 amide bonds. The Balaban J connectivity index is 1.67. The topological polar surface area (TPSA) is 37.3 Å². The van der Waals surface area contributed by atoms with Crippen molar-refractivity contribution in [3.8, 4) is 5.75 Å². The fourth-order valence-electron chi connectivity index (χ4n) is 6.74. The number of hydrogen-bond acceptors (Lipinski definition) is 2. The van der Waals surface area contributed by atoms with Gasteiger partial charge in [0.2, 0.25) is 0 Å². The fourth-order valence-corrected chi connectivity index (χ4v) is 7.02. The molecule has 1 aromatic carbocycles. The standard InChI is InChI=1S/C23H27BrF2O2/c1-23-10-9-17-16-8-6-15(27)11-13(16)5-7-18(17)21(23)14(3-2-4-20(24)28)12-19(23)22(25)26/h6,8,11,14,17-18,21,27H,2-5,7,9-10,12H2,1H3/t14?,17-,18-,21+,23-/m1/s1. The second-order valence-corrected chi connectivity index (χ2v) is 10.0. The number of phenolic OH excluding ortho intramolecular Hbond substituents is 1. The van der Waals surface area contributed by atoms with Gasteiger partial charge in [-0.3, -0.25) is 4.79 Å². The molecule has 5 heteroatoms. The van der Waals surface area contributed by atoms with E-state index in [9.17, 15) is 18.7 Å². The van der Waals surface area contributed by atoms with Crippen LogP contribution in [-0.4, -0.2) is 9.80 Å². The van der Waals surface area contributed by atoms with Crippen molar-refractivity contribution in [3.05, 3.63) is 41.0 Å².